The summed E-state index contributed by atoms with van der Waals surface area (Å²) in [6, 6.07) is 6.66. The predicted octanol–water partition coefficient (Wildman–Crippen LogP) is 0.872. The highest BCUT2D eigenvalue weighted by Gasteiger charge is 2.32. The number of aryl methyl sites for hydroxylation is 1. The lowest BCUT2D eigenvalue weighted by atomic mass is 10.0. The Kier molecular flexibility index (Phi) is 3.64. The van der Waals surface area contributed by atoms with E-state index in [2.05, 4.69) is 5.32 Å². The van der Waals surface area contributed by atoms with Crippen molar-refractivity contribution in [2.75, 3.05) is 7.05 Å². The monoisotopic (exact) mass is 260 g/mol. The standard InChI is InChI=1S/C14H16N2O3/c1-9-5-3-4-6-10(9)14(19)16(2)11-7-8-12(17)15-13(11)18/h3-6,11H,7-8H2,1-2H3,(H,15,17,18). The number of nitrogens with one attached hydrogen (secondary N) is 1. The van der Waals surface area contributed by atoms with Crippen molar-refractivity contribution in [2.24, 2.45) is 0 Å². The number of nitrogens with zero attached hydrogens (tertiary/aromatic N) is 1. The highest BCUT2D eigenvalue weighted by molar-refractivity contribution is 6.04. The first-order valence-electron chi connectivity index (χ1n) is 6.17. The lowest BCUT2D eigenvalue weighted by Gasteiger charge is -2.30. The molecule has 2 rings (SSSR count). The maximum atomic E-state index is 12.4. The topological polar surface area (TPSA) is 66.5 Å². The molecule has 1 N–H and O–H groups in total. The number of carbonyl (C=O) groups excluding carboxylic acids is 3. The van der Waals surface area contributed by atoms with Gasteiger partial charge in [0.05, 0.1) is 0 Å². The molecule has 1 saturated heterocycles. The minimum Gasteiger partial charge on any atom is -0.330 e. The van der Waals surface area contributed by atoms with Gasteiger partial charge in [-0.25, -0.2) is 0 Å². The average Bonchev–Trinajstić information content (AvgIpc) is 2.38. The Morgan fingerprint density at radius 1 is 1.32 bits per heavy atom. The quantitative estimate of drug-likeness (QED) is 0.802. The summed E-state index contributed by atoms with van der Waals surface area (Å²) in [5, 5.41) is 2.26. The molecule has 1 heterocycles. The summed E-state index contributed by atoms with van der Waals surface area (Å²) in [6.45, 7) is 1.85. The van der Waals surface area contributed by atoms with Crippen LogP contribution < -0.4 is 5.32 Å². The van der Waals surface area contributed by atoms with E-state index in [-0.39, 0.29) is 18.2 Å². The van der Waals surface area contributed by atoms with Gasteiger partial charge in [0.25, 0.3) is 5.91 Å². The second kappa shape index (κ2) is 5.22. The van der Waals surface area contributed by atoms with Crippen LogP contribution in [0.25, 0.3) is 0 Å². The highest BCUT2D eigenvalue weighted by Crippen LogP contribution is 2.16. The van der Waals surface area contributed by atoms with Gasteiger partial charge in [-0.2, -0.15) is 0 Å². The highest BCUT2D eigenvalue weighted by atomic mass is 16.2. The van der Waals surface area contributed by atoms with E-state index in [4.69, 9.17) is 0 Å². The Morgan fingerprint density at radius 3 is 2.63 bits per heavy atom. The minimum absolute atomic E-state index is 0.201. The van der Waals surface area contributed by atoms with Crippen molar-refractivity contribution in [3.8, 4) is 0 Å². The van der Waals surface area contributed by atoms with Crippen molar-refractivity contribution in [3.63, 3.8) is 0 Å². The van der Waals surface area contributed by atoms with Crippen LogP contribution in [0.5, 0.6) is 0 Å². The van der Waals surface area contributed by atoms with Crippen LogP contribution in [0.4, 0.5) is 0 Å². The van der Waals surface area contributed by atoms with E-state index in [9.17, 15) is 14.4 Å². The van der Waals surface area contributed by atoms with Crippen molar-refractivity contribution in [1.29, 1.82) is 0 Å². The number of hydrogen-bond donors (Lipinski definition) is 1. The first-order chi connectivity index (χ1) is 9.00. The molecular formula is C14H16N2O3. The Balaban J connectivity index is 2.18. The second-order valence-corrected chi connectivity index (χ2v) is 4.70. The van der Waals surface area contributed by atoms with Crippen LogP contribution in [0.2, 0.25) is 0 Å². The van der Waals surface area contributed by atoms with Gasteiger partial charge in [0.1, 0.15) is 6.04 Å². The molecule has 3 amide bonds. The van der Waals surface area contributed by atoms with E-state index in [1.807, 2.05) is 19.1 Å². The van der Waals surface area contributed by atoms with Crippen LogP contribution in [-0.2, 0) is 9.59 Å². The third-order valence-corrected chi connectivity index (χ3v) is 3.37. The summed E-state index contributed by atoms with van der Waals surface area (Å²) < 4.78 is 0. The molecule has 1 fully saturated rings. The molecule has 5 heteroatoms. The first kappa shape index (κ1) is 13.3. The first-order valence-corrected chi connectivity index (χ1v) is 6.17. The summed E-state index contributed by atoms with van der Waals surface area (Å²) in [4.78, 5) is 36.6. The zero-order valence-corrected chi connectivity index (χ0v) is 11.0. The fraction of sp³-hybridized carbons (Fsp3) is 0.357. The number of benzene rings is 1. The maximum Gasteiger partial charge on any atom is 0.254 e. The summed E-state index contributed by atoms with van der Waals surface area (Å²) >= 11 is 0. The molecule has 0 radical (unpaired) electrons. The van der Waals surface area contributed by atoms with Crippen LogP contribution >= 0.6 is 0 Å². The number of carbonyl (C=O) groups is 3. The van der Waals surface area contributed by atoms with Gasteiger partial charge in [-0.3, -0.25) is 19.7 Å². The Labute approximate surface area is 111 Å². The third-order valence-electron chi connectivity index (χ3n) is 3.37. The predicted molar refractivity (Wildman–Crippen MR) is 69.4 cm³/mol. The molecule has 0 aromatic heterocycles. The molecule has 0 saturated carbocycles. The lowest BCUT2D eigenvalue weighted by molar-refractivity contribution is -0.136. The second-order valence-electron chi connectivity index (χ2n) is 4.70. The van der Waals surface area contributed by atoms with Crippen LogP contribution in [0.15, 0.2) is 24.3 Å². The molecular weight excluding hydrogens is 244 g/mol. The van der Waals surface area contributed by atoms with Crippen molar-refractivity contribution in [1.82, 2.24) is 10.2 Å². The van der Waals surface area contributed by atoms with Gasteiger partial charge < -0.3 is 4.90 Å². The van der Waals surface area contributed by atoms with E-state index >= 15 is 0 Å². The van der Waals surface area contributed by atoms with Gasteiger partial charge in [0, 0.05) is 19.0 Å². The zero-order valence-electron chi connectivity index (χ0n) is 11.0. The van der Waals surface area contributed by atoms with E-state index in [1.165, 1.54) is 4.90 Å². The SMILES string of the molecule is Cc1ccccc1C(=O)N(C)C1CCC(=O)NC1=O. The number of imide groups is 1. The van der Waals surface area contributed by atoms with Crippen LogP contribution in [0.3, 0.4) is 0 Å². The summed E-state index contributed by atoms with van der Waals surface area (Å²) in [6.07, 6.45) is 0.639. The van der Waals surface area contributed by atoms with Gasteiger partial charge in [-0.05, 0) is 25.0 Å². The summed E-state index contributed by atoms with van der Waals surface area (Å²) in [5.41, 5.74) is 1.45. The molecule has 100 valence electrons. The van der Waals surface area contributed by atoms with Gasteiger partial charge in [0.2, 0.25) is 11.8 Å². The largest absolute Gasteiger partial charge is 0.330 e. The number of rotatable bonds is 2. The fourth-order valence-corrected chi connectivity index (χ4v) is 2.20. The Hall–Kier alpha value is -2.17. The van der Waals surface area contributed by atoms with Crippen molar-refractivity contribution in [3.05, 3.63) is 35.4 Å². The van der Waals surface area contributed by atoms with E-state index in [1.54, 1.807) is 19.2 Å². The van der Waals surface area contributed by atoms with Gasteiger partial charge in [-0.1, -0.05) is 18.2 Å². The molecule has 5 nitrogen and oxygen atoms in total. The molecule has 1 aliphatic rings. The number of piperidine rings is 1. The molecule has 1 atom stereocenters. The minimum atomic E-state index is -0.579. The summed E-state index contributed by atoms with van der Waals surface area (Å²) in [7, 11) is 1.59. The number of hydrogen-bond acceptors (Lipinski definition) is 3. The normalized spacial score (nSPS) is 18.9. The van der Waals surface area contributed by atoms with E-state index < -0.39 is 11.9 Å². The summed E-state index contributed by atoms with van der Waals surface area (Å²) in [5.74, 6) is -0.883. The zero-order chi connectivity index (χ0) is 14.0. The molecule has 0 spiro atoms. The molecule has 1 aromatic rings. The fourth-order valence-electron chi connectivity index (χ4n) is 2.20. The maximum absolute atomic E-state index is 12.4. The molecule has 1 aliphatic heterocycles. The molecule has 1 aromatic carbocycles. The number of amides is 3. The molecule has 19 heavy (non-hydrogen) atoms. The van der Waals surface area contributed by atoms with Crippen molar-refractivity contribution < 1.29 is 14.4 Å². The smallest absolute Gasteiger partial charge is 0.254 e. The van der Waals surface area contributed by atoms with Gasteiger partial charge in [0.15, 0.2) is 0 Å². The van der Waals surface area contributed by atoms with Crippen LogP contribution in [-0.4, -0.2) is 35.7 Å². The van der Waals surface area contributed by atoms with Gasteiger partial charge >= 0.3 is 0 Å². The molecule has 0 bridgehead atoms. The van der Waals surface area contributed by atoms with E-state index in [0.717, 1.165) is 5.56 Å². The molecule has 0 aliphatic carbocycles. The Morgan fingerprint density at radius 2 is 2.00 bits per heavy atom. The van der Waals surface area contributed by atoms with Crippen LogP contribution in [0.1, 0.15) is 28.8 Å². The number of likely N-dealkylation sites (N-methyl/N-ethyl adjacent to an activating group) is 1. The molecule has 1 unspecified atom stereocenters. The third kappa shape index (κ3) is 2.65. The Bertz CT molecular complexity index is 539. The van der Waals surface area contributed by atoms with Gasteiger partial charge in [-0.15, -0.1) is 0 Å². The average molecular weight is 260 g/mol. The lowest BCUT2D eigenvalue weighted by Crippen LogP contribution is -2.52. The van der Waals surface area contributed by atoms with Crippen molar-refractivity contribution >= 4 is 17.7 Å². The van der Waals surface area contributed by atoms with Crippen LogP contribution in [0, 0.1) is 6.92 Å². The van der Waals surface area contributed by atoms with Crippen molar-refractivity contribution in [2.45, 2.75) is 25.8 Å². The van der Waals surface area contributed by atoms with E-state index in [0.29, 0.717) is 12.0 Å².